The first-order chi connectivity index (χ1) is 6.81. The lowest BCUT2D eigenvalue weighted by Crippen LogP contribution is -2.49. The van der Waals surface area contributed by atoms with E-state index in [9.17, 15) is 0 Å². The van der Waals surface area contributed by atoms with Gasteiger partial charge in [0.25, 0.3) is 0 Å². The van der Waals surface area contributed by atoms with E-state index in [0.29, 0.717) is 0 Å². The van der Waals surface area contributed by atoms with Crippen molar-refractivity contribution in [1.29, 1.82) is 0 Å². The molecular weight excluding hydrogens is 289 g/mol. The van der Waals surface area contributed by atoms with Crippen LogP contribution >= 0.6 is 22.6 Å². The van der Waals surface area contributed by atoms with Crippen LogP contribution < -0.4 is 4.90 Å². The van der Waals surface area contributed by atoms with Crippen molar-refractivity contribution >= 4 is 28.5 Å². The van der Waals surface area contributed by atoms with Gasteiger partial charge in [-0.1, -0.05) is 0 Å². The summed E-state index contributed by atoms with van der Waals surface area (Å²) in [6, 6.07) is 0. The molecule has 4 heteroatoms. The van der Waals surface area contributed by atoms with Crippen molar-refractivity contribution < 1.29 is 0 Å². The van der Waals surface area contributed by atoms with E-state index in [1.54, 1.807) is 0 Å². The molecule has 0 amide bonds. The van der Waals surface area contributed by atoms with Gasteiger partial charge in [-0.25, -0.2) is 9.97 Å². The van der Waals surface area contributed by atoms with Crippen molar-refractivity contribution in [2.45, 2.75) is 12.8 Å². The highest BCUT2D eigenvalue weighted by Gasteiger charge is 2.37. The van der Waals surface area contributed by atoms with E-state index in [0.717, 1.165) is 34.4 Å². The van der Waals surface area contributed by atoms with Crippen LogP contribution in [-0.4, -0.2) is 23.1 Å². The average molecular weight is 301 g/mol. The lowest BCUT2D eigenvalue weighted by molar-refractivity contribution is 0.157. The Bertz CT molecular complexity index is 322. The predicted octanol–water partition coefficient (Wildman–Crippen LogP) is 1.93. The van der Waals surface area contributed by atoms with Crippen LogP contribution in [0.25, 0.3) is 0 Å². The van der Waals surface area contributed by atoms with E-state index >= 15 is 0 Å². The lowest BCUT2D eigenvalue weighted by atomic mass is 9.71. The highest BCUT2D eigenvalue weighted by Crippen LogP contribution is 2.40. The molecule has 2 saturated heterocycles. The number of hydrogen-bond acceptors (Lipinski definition) is 3. The zero-order valence-corrected chi connectivity index (χ0v) is 10.0. The first kappa shape index (κ1) is 8.88. The smallest absolute Gasteiger partial charge is 0.225 e. The molecule has 3 nitrogen and oxygen atoms in total. The minimum Gasteiger partial charge on any atom is -0.340 e. The largest absolute Gasteiger partial charge is 0.340 e. The second kappa shape index (κ2) is 3.32. The summed E-state index contributed by atoms with van der Waals surface area (Å²) >= 11 is 2.24. The fourth-order valence-corrected chi connectivity index (χ4v) is 2.78. The highest BCUT2D eigenvalue weighted by atomic mass is 127. The number of rotatable bonds is 1. The van der Waals surface area contributed by atoms with Crippen LogP contribution in [0.15, 0.2) is 12.4 Å². The predicted molar refractivity (Wildman–Crippen MR) is 63.2 cm³/mol. The van der Waals surface area contributed by atoms with Crippen LogP contribution in [0.4, 0.5) is 5.95 Å². The molecule has 3 aliphatic rings. The second-order valence-corrected chi connectivity index (χ2v) is 5.56. The molecule has 14 heavy (non-hydrogen) atoms. The third-order valence-corrected chi connectivity index (χ3v) is 3.74. The number of fused-ring (bicyclic) bond motifs is 2. The SMILES string of the molecule is Ic1cnc(N2CC3CC(C3)C2)nc1. The Morgan fingerprint density at radius 3 is 2.29 bits per heavy atom. The maximum atomic E-state index is 4.36. The zero-order chi connectivity index (χ0) is 9.54. The molecule has 0 atom stereocenters. The Morgan fingerprint density at radius 2 is 1.71 bits per heavy atom. The monoisotopic (exact) mass is 301 g/mol. The molecule has 3 fully saturated rings. The van der Waals surface area contributed by atoms with Crippen molar-refractivity contribution in [3.8, 4) is 0 Å². The van der Waals surface area contributed by atoms with Gasteiger partial charge in [-0.2, -0.15) is 0 Å². The number of aromatic nitrogens is 2. The van der Waals surface area contributed by atoms with Crippen molar-refractivity contribution in [2.24, 2.45) is 11.8 Å². The number of nitrogens with zero attached hydrogens (tertiary/aromatic N) is 3. The summed E-state index contributed by atoms with van der Waals surface area (Å²) in [6.07, 6.45) is 6.65. The van der Waals surface area contributed by atoms with E-state index in [1.807, 2.05) is 12.4 Å². The fourth-order valence-electron chi connectivity index (χ4n) is 2.50. The molecule has 3 heterocycles. The molecule has 1 aromatic heterocycles. The summed E-state index contributed by atoms with van der Waals surface area (Å²) in [5, 5.41) is 0. The normalized spacial score (nSPS) is 29.9. The molecule has 0 N–H and O–H groups in total. The first-order valence-corrected chi connectivity index (χ1v) is 6.11. The molecule has 2 bridgehead atoms. The van der Waals surface area contributed by atoms with Gasteiger partial charge in [0.05, 0.1) is 0 Å². The number of hydrogen-bond donors (Lipinski definition) is 0. The van der Waals surface area contributed by atoms with Gasteiger partial charge in [0.2, 0.25) is 5.95 Å². The summed E-state index contributed by atoms with van der Waals surface area (Å²) < 4.78 is 1.11. The van der Waals surface area contributed by atoms with Gasteiger partial charge in [0, 0.05) is 29.1 Å². The first-order valence-electron chi connectivity index (χ1n) is 5.04. The molecule has 74 valence electrons. The molecule has 0 unspecified atom stereocenters. The zero-order valence-electron chi connectivity index (χ0n) is 7.86. The van der Waals surface area contributed by atoms with Crippen LogP contribution in [0, 0.1) is 15.4 Å². The Morgan fingerprint density at radius 1 is 1.14 bits per heavy atom. The lowest BCUT2D eigenvalue weighted by Gasteiger charge is -2.47. The van der Waals surface area contributed by atoms with Crippen LogP contribution in [0.1, 0.15) is 12.8 Å². The molecule has 0 spiro atoms. The molecule has 1 saturated carbocycles. The van der Waals surface area contributed by atoms with E-state index < -0.39 is 0 Å². The van der Waals surface area contributed by atoms with Gasteiger partial charge in [0.15, 0.2) is 0 Å². The summed E-state index contributed by atoms with van der Waals surface area (Å²) in [5.41, 5.74) is 0. The second-order valence-electron chi connectivity index (χ2n) is 4.31. The van der Waals surface area contributed by atoms with Gasteiger partial charge < -0.3 is 4.90 Å². The Labute approximate surface area is 97.1 Å². The van der Waals surface area contributed by atoms with Gasteiger partial charge >= 0.3 is 0 Å². The minimum atomic E-state index is 0.914. The van der Waals surface area contributed by atoms with Crippen molar-refractivity contribution in [3.63, 3.8) is 0 Å². The molecule has 0 aromatic carbocycles. The molecule has 1 aliphatic carbocycles. The fraction of sp³-hybridized carbons (Fsp3) is 0.600. The summed E-state index contributed by atoms with van der Waals surface area (Å²) in [6.45, 7) is 2.33. The standard InChI is InChI=1S/C10H12IN3/c11-9-3-12-10(13-4-9)14-5-7-1-8(2-7)6-14/h3-4,7-8H,1-2,5-6H2. The van der Waals surface area contributed by atoms with E-state index in [-0.39, 0.29) is 0 Å². The Balaban J connectivity index is 1.79. The third-order valence-electron chi connectivity index (χ3n) is 3.18. The maximum Gasteiger partial charge on any atom is 0.225 e. The van der Waals surface area contributed by atoms with Gasteiger partial charge in [-0.05, 0) is 47.3 Å². The summed E-state index contributed by atoms with van der Waals surface area (Å²) in [7, 11) is 0. The van der Waals surface area contributed by atoms with Crippen LogP contribution in [0.5, 0.6) is 0 Å². The number of piperidine rings is 2. The van der Waals surface area contributed by atoms with Crippen molar-refractivity contribution in [2.75, 3.05) is 18.0 Å². The number of halogens is 1. The van der Waals surface area contributed by atoms with Crippen LogP contribution in [-0.2, 0) is 0 Å². The Hall–Kier alpha value is -0.390. The van der Waals surface area contributed by atoms with Gasteiger partial charge in [-0.15, -0.1) is 0 Å². The maximum absolute atomic E-state index is 4.36. The van der Waals surface area contributed by atoms with Gasteiger partial charge in [0.1, 0.15) is 0 Å². The Kier molecular flexibility index (Phi) is 2.11. The molecule has 0 radical (unpaired) electrons. The van der Waals surface area contributed by atoms with Crippen molar-refractivity contribution in [3.05, 3.63) is 16.0 Å². The minimum absolute atomic E-state index is 0.914. The molecule has 1 aromatic rings. The number of anilines is 1. The van der Waals surface area contributed by atoms with Crippen LogP contribution in [0.2, 0.25) is 0 Å². The highest BCUT2D eigenvalue weighted by molar-refractivity contribution is 14.1. The van der Waals surface area contributed by atoms with E-state index in [4.69, 9.17) is 0 Å². The third kappa shape index (κ3) is 1.49. The van der Waals surface area contributed by atoms with Crippen LogP contribution in [0.3, 0.4) is 0 Å². The van der Waals surface area contributed by atoms with Gasteiger partial charge in [-0.3, -0.25) is 0 Å². The quantitative estimate of drug-likeness (QED) is 0.742. The van der Waals surface area contributed by atoms with E-state index in [2.05, 4.69) is 37.5 Å². The molecular formula is C10H12IN3. The average Bonchev–Trinajstić information content (AvgIpc) is 2.18. The topological polar surface area (TPSA) is 29.0 Å². The summed E-state index contributed by atoms with van der Waals surface area (Å²) in [4.78, 5) is 11.1. The van der Waals surface area contributed by atoms with E-state index in [1.165, 1.54) is 12.8 Å². The molecule has 4 rings (SSSR count). The van der Waals surface area contributed by atoms with Crippen molar-refractivity contribution in [1.82, 2.24) is 9.97 Å². The molecule has 2 aliphatic heterocycles. The summed E-state index contributed by atoms with van der Waals surface area (Å²) in [5.74, 6) is 2.74.